The first-order valence-corrected chi connectivity index (χ1v) is 16.7. The first-order valence-electron chi connectivity index (χ1n) is 13.1. The lowest BCUT2D eigenvalue weighted by atomic mass is 9.88. The van der Waals surface area contributed by atoms with Crippen molar-refractivity contribution >= 4 is 56.1 Å². The largest absolute Gasteiger partial charge is 0.326 e. The number of benzene rings is 2. The highest BCUT2D eigenvalue weighted by Gasteiger charge is 2.19. The van der Waals surface area contributed by atoms with Gasteiger partial charge in [-0.3, -0.25) is 4.99 Å². The maximum absolute atomic E-state index is 6.22. The van der Waals surface area contributed by atoms with Gasteiger partial charge >= 0.3 is 0 Å². The molecule has 3 unspecified atom stereocenters. The molecule has 0 bridgehead atoms. The summed E-state index contributed by atoms with van der Waals surface area (Å²) in [6.07, 6.45) is 13.2. The quantitative estimate of drug-likeness (QED) is 0.368. The molecule has 0 amide bonds. The number of hydrogen-bond donors (Lipinski definition) is 1. The summed E-state index contributed by atoms with van der Waals surface area (Å²) in [5.41, 5.74) is 3.73. The molecule has 1 N–H and O–H groups in total. The number of nitrogens with one attached hydrogen (secondary N) is 1. The minimum atomic E-state index is -0.0709. The van der Waals surface area contributed by atoms with Crippen molar-refractivity contribution in [2.45, 2.75) is 39.5 Å². The third-order valence-corrected chi connectivity index (χ3v) is 9.62. The Kier molecular flexibility index (Phi) is 10.3. The predicted molar refractivity (Wildman–Crippen MR) is 169 cm³/mol. The van der Waals surface area contributed by atoms with Gasteiger partial charge in [-0.15, -0.1) is 0 Å². The van der Waals surface area contributed by atoms with Gasteiger partial charge in [0.2, 0.25) is 0 Å². The molecule has 3 atom stereocenters. The lowest BCUT2D eigenvalue weighted by molar-refractivity contribution is 0.467. The highest BCUT2D eigenvalue weighted by molar-refractivity contribution is 7.66. The van der Waals surface area contributed by atoms with Crippen LogP contribution >= 0.6 is 28.1 Å². The van der Waals surface area contributed by atoms with Crippen molar-refractivity contribution in [3.8, 4) is 0 Å². The summed E-state index contributed by atoms with van der Waals surface area (Å²) >= 11 is 6.22. The summed E-state index contributed by atoms with van der Waals surface area (Å²) in [5.74, 6) is 2.57. The average Bonchev–Trinajstić information content (AvgIpc) is 3.07. The summed E-state index contributed by atoms with van der Waals surface area (Å²) < 4.78 is 0. The lowest BCUT2D eigenvalue weighted by Gasteiger charge is -2.23. The Hall–Kier alpha value is -2.05. The zero-order chi connectivity index (χ0) is 26.2. The van der Waals surface area contributed by atoms with E-state index in [0.717, 1.165) is 54.5 Å². The Labute approximate surface area is 230 Å². The van der Waals surface area contributed by atoms with E-state index in [4.69, 9.17) is 21.6 Å². The zero-order valence-corrected chi connectivity index (χ0v) is 25.0. The number of rotatable bonds is 6. The van der Waals surface area contributed by atoms with Crippen molar-refractivity contribution in [1.29, 1.82) is 0 Å². The van der Waals surface area contributed by atoms with Crippen LogP contribution in [0.4, 0.5) is 0 Å². The Morgan fingerprint density at radius 1 is 1.11 bits per heavy atom. The van der Waals surface area contributed by atoms with Crippen molar-refractivity contribution < 1.29 is 0 Å². The summed E-state index contributed by atoms with van der Waals surface area (Å²) in [4.78, 5) is 10.0. The van der Waals surface area contributed by atoms with Gasteiger partial charge in [-0.25, -0.2) is 4.99 Å². The Morgan fingerprint density at radius 2 is 1.92 bits per heavy atom. The van der Waals surface area contributed by atoms with Gasteiger partial charge in [0, 0.05) is 22.9 Å². The van der Waals surface area contributed by atoms with Gasteiger partial charge in [-0.1, -0.05) is 80.6 Å². The van der Waals surface area contributed by atoms with E-state index in [1.54, 1.807) is 0 Å². The fraction of sp³-hybridized carbons (Fsp3) is 0.355. The third-order valence-electron chi connectivity index (χ3n) is 6.78. The molecule has 2 aromatic rings. The summed E-state index contributed by atoms with van der Waals surface area (Å²) in [6, 6.07) is 17.2. The van der Waals surface area contributed by atoms with Crippen LogP contribution in [0.2, 0.25) is 5.02 Å². The SMILES string of the molecule is CC1=CC(N/C2=C/C(C=Cc3cccc(Cl)c3)C(C)CCC(Pc3ccc(P(C)C)cc3)=N2)=NCCC1. The van der Waals surface area contributed by atoms with Crippen LogP contribution in [0.5, 0.6) is 0 Å². The minimum absolute atomic E-state index is 0.0709. The molecule has 37 heavy (non-hydrogen) atoms. The van der Waals surface area contributed by atoms with Crippen LogP contribution in [0.15, 0.2) is 88.1 Å². The van der Waals surface area contributed by atoms with Crippen molar-refractivity contribution in [3.63, 3.8) is 0 Å². The highest BCUT2D eigenvalue weighted by atomic mass is 35.5. The highest BCUT2D eigenvalue weighted by Crippen LogP contribution is 2.30. The van der Waals surface area contributed by atoms with Crippen LogP contribution in [-0.4, -0.2) is 31.2 Å². The molecule has 0 saturated heterocycles. The summed E-state index contributed by atoms with van der Waals surface area (Å²) in [6.45, 7) is 9.99. The van der Waals surface area contributed by atoms with Crippen LogP contribution in [0.3, 0.4) is 0 Å². The normalized spacial score (nSPS) is 22.6. The second-order valence-electron chi connectivity index (χ2n) is 10.2. The second-order valence-corrected chi connectivity index (χ2v) is 14.3. The monoisotopic (exact) mass is 549 g/mol. The van der Waals surface area contributed by atoms with E-state index >= 15 is 0 Å². The van der Waals surface area contributed by atoms with Gasteiger partial charge in [0.25, 0.3) is 0 Å². The summed E-state index contributed by atoms with van der Waals surface area (Å²) in [5, 5.41) is 7.15. The molecular formula is C31H38ClN3P2. The topological polar surface area (TPSA) is 36.8 Å². The molecule has 0 aromatic heterocycles. The molecule has 0 fully saturated rings. The molecule has 0 aliphatic carbocycles. The molecular weight excluding hydrogens is 512 g/mol. The van der Waals surface area contributed by atoms with E-state index in [2.05, 4.69) is 87.1 Å². The molecule has 194 valence electrons. The molecule has 3 nitrogen and oxygen atoms in total. The van der Waals surface area contributed by atoms with Gasteiger partial charge in [0.05, 0.1) is 0 Å². The Morgan fingerprint density at radius 3 is 2.68 bits per heavy atom. The van der Waals surface area contributed by atoms with Crippen molar-refractivity contribution in [2.75, 3.05) is 19.9 Å². The number of amidine groups is 1. The first-order chi connectivity index (χ1) is 17.9. The van der Waals surface area contributed by atoms with Crippen molar-refractivity contribution in [3.05, 3.63) is 88.7 Å². The number of nitrogens with zero attached hydrogens (tertiary/aromatic N) is 2. The second kappa shape index (κ2) is 13.7. The third kappa shape index (κ3) is 8.75. The smallest absolute Gasteiger partial charge is 0.128 e. The Balaban J connectivity index is 1.63. The van der Waals surface area contributed by atoms with Gasteiger partial charge in [0.1, 0.15) is 11.7 Å². The number of halogens is 1. The van der Waals surface area contributed by atoms with Crippen LogP contribution < -0.4 is 15.9 Å². The minimum Gasteiger partial charge on any atom is -0.326 e. The van der Waals surface area contributed by atoms with E-state index in [1.807, 2.05) is 18.2 Å². The maximum atomic E-state index is 6.22. The van der Waals surface area contributed by atoms with E-state index in [9.17, 15) is 0 Å². The molecule has 2 aromatic carbocycles. The molecule has 2 aliphatic rings. The lowest BCUT2D eigenvalue weighted by Crippen LogP contribution is -2.24. The van der Waals surface area contributed by atoms with Crippen LogP contribution in [-0.2, 0) is 0 Å². The molecule has 0 saturated carbocycles. The zero-order valence-electron chi connectivity index (χ0n) is 22.3. The standard InChI is InChI=1S/C31H38ClN3P2/c1-22-7-6-18-33-29(19-22)34-30-21-25(12-11-24-8-5-9-26(32)20-24)23(2)10-17-31(35-30)36-27-13-15-28(16-14-27)37(3)4/h5,8-9,11-16,19-21,23,25,36H,6-7,10,17-18H2,1-4H3,(H,33,34)/b12-11?,30-21-,35-31?. The molecule has 0 radical (unpaired) electrons. The number of hydrogen-bond acceptors (Lipinski definition) is 3. The fourth-order valence-electron chi connectivity index (χ4n) is 4.50. The van der Waals surface area contributed by atoms with Crippen molar-refractivity contribution in [2.24, 2.45) is 21.8 Å². The number of allylic oxidation sites excluding steroid dienone is 3. The van der Waals surface area contributed by atoms with E-state index < -0.39 is 0 Å². The molecule has 6 heteroatoms. The van der Waals surface area contributed by atoms with Crippen molar-refractivity contribution in [1.82, 2.24) is 5.32 Å². The van der Waals surface area contributed by atoms with Gasteiger partial charge in [-0.2, -0.15) is 0 Å². The van der Waals surface area contributed by atoms with Gasteiger partial charge in [-0.05, 0) is 101 Å². The van der Waals surface area contributed by atoms with Crippen LogP contribution in [0, 0.1) is 11.8 Å². The molecule has 0 spiro atoms. The van der Waals surface area contributed by atoms with Gasteiger partial charge in [0.15, 0.2) is 0 Å². The fourth-order valence-corrected chi connectivity index (χ4v) is 6.56. The van der Waals surface area contributed by atoms with E-state index in [1.165, 1.54) is 21.6 Å². The van der Waals surface area contributed by atoms with Gasteiger partial charge < -0.3 is 5.32 Å². The average molecular weight is 550 g/mol. The summed E-state index contributed by atoms with van der Waals surface area (Å²) in [7, 11) is 0.504. The molecule has 2 heterocycles. The Bertz CT molecular complexity index is 1230. The van der Waals surface area contributed by atoms with Crippen LogP contribution in [0.1, 0.15) is 45.1 Å². The first kappa shape index (κ1) is 28.0. The van der Waals surface area contributed by atoms with Crippen LogP contribution in [0.25, 0.3) is 6.08 Å². The molecule has 2 aliphatic heterocycles. The van der Waals surface area contributed by atoms with E-state index in [-0.39, 0.29) is 13.8 Å². The number of aliphatic imine (C=N–C) groups is 2. The van der Waals surface area contributed by atoms with E-state index in [0.29, 0.717) is 14.5 Å². The predicted octanol–water partition coefficient (Wildman–Crippen LogP) is 7.74. The molecule has 4 rings (SSSR count). The maximum Gasteiger partial charge on any atom is 0.128 e.